The van der Waals surface area contributed by atoms with Crippen molar-refractivity contribution in [2.75, 3.05) is 14.1 Å². The van der Waals surface area contributed by atoms with Crippen LogP contribution in [0.2, 0.25) is 0 Å². The zero-order chi connectivity index (χ0) is 18.7. The van der Waals surface area contributed by atoms with Crippen LogP contribution in [-0.4, -0.2) is 60.0 Å². The van der Waals surface area contributed by atoms with E-state index in [0.29, 0.717) is 28.0 Å². The number of nitrogens with zero attached hydrogens (tertiary/aromatic N) is 1. The third kappa shape index (κ3) is 2.76. The molecular weight excluding hydrogens is 370 g/mol. The molecule has 1 aromatic rings. The van der Waals surface area contributed by atoms with Crippen LogP contribution in [0.15, 0.2) is 28.5 Å². The van der Waals surface area contributed by atoms with Gasteiger partial charge >= 0.3 is 5.97 Å². The first-order valence-electron chi connectivity index (χ1n) is 9.10. The number of esters is 1. The Morgan fingerprint density at radius 1 is 1.46 bits per heavy atom. The van der Waals surface area contributed by atoms with Gasteiger partial charge in [-0.05, 0) is 18.4 Å². The second-order valence-corrected chi connectivity index (χ2v) is 9.51. The van der Waals surface area contributed by atoms with Gasteiger partial charge in [-0.15, -0.1) is 24.0 Å². The van der Waals surface area contributed by atoms with Crippen LogP contribution in [0.4, 0.5) is 0 Å². The Bertz CT molecular complexity index is 732. The number of carbonyl (C=O) groups is 1. The standard InChI is InChI=1S/C19H25NO4S2/c1-4-15(25)19(22,16-6-5-7-26-16)18(21)23-12-8-11-9-14-17(24-14)13(10-12)20(11,2)3/h4-7,11-14,17,22H,8-10H2,1-3H3/p+1. The lowest BCUT2D eigenvalue weighted by Gasteiger charge is -2.51. The zero-order valence-corrected chi connectivity index (χ0v) is 17.0. The van der Waals surface area contributed by atoms with Gasteiger partial charge in [0.25, 0.3) is 0 Å². The lowest BCUT2D eigenvalue weighted by Crippen LogP contribution is -2.66. The average Bonchev–Trinajstić information content (AvgIpc) is 3.11. The fourth-order valence-corrected chi connectivity index (χ4v) is 5.79. The Morgan fingerprint density at radius 2 is 2.23 bits per heavy atom. The highest BCUT2D eigenvalue weighted by molar-refractivity contribution is 7.84. The normalized spacial score (nSPS) is 37.4. The highest BCUT2D eigenvalue weighted by Gasteiger charge is 2.63. The molecule has 1 N–H and O–H groups in total. The highest BCUT2D eigenvalue weighted by atomic mass is 32.1. The highest BCUT2D eigenvalue weighted by Crippen LogP contribution is 2.48. The van der Waals surface area contributed by atoms with Crippen molar-refractivity contribution in [3.8, 4) is 0 Å². The molecule has 26 heavy (non-hydrogen) atoms. The van der Waals surface area contributed by atoms with Crippen LogP contribution in [0.25, 0.3) is 0 Å². The predicted molar refractivity (Wildman–Crippen MR) is 103 cm³/mol. The average molecular weight is 397 g/mol. The van der Waals surface area contributed by atoms with Gasteiger partial charge in [-0.25, -0.2) is 4.79 Å². The topological polar surface area (TPSA) is 59.1 Å². The number of hydrogen-bond donors (Lipinski definition) is 2. The second-order valence-electron chi connectivity index (χ2n) is 8.09. The number of rotatable bonds is 4. The lowest BCUT2D eigenvalue weighted by atomic mass is 9.81. The minimum Gasteiger partial charge on any atom is -0.459 e. The van der Waals surface area contributed by atoms with Gasteiger partial charge in [-0.1, -0.05) is 12.1 Å². The molecule has 0 aliphatic carbocycles. The fourth-order valence-electron chi connectivity index (χ4n) is 4.67. The summed E-state index contributed by atoms with van der Waals surface area (Å²) in [5, 5.41) is 13.0. The van der Waals surface area contributed by atoms with E-state index in [9.17, 15) is 9.90 Å². The summed E-state index contributed by atoms with van der Waals surface area (Å²) in [6.45, 7) is 1.75. The molecule has 7 heteroatoms. The Hall–Kier alpha value is -0.860. The maximum atomic E-state index is 13.0. The molecule has 1 aromatic heterocycles. The number of ether oxygens (including phenoxy) is 2. The summed E-state index contributed by atoms with van der Waals surface area (Å²) in [7, 11) is 4.50. The Labute approximate surface area is 163 Å². The van der Waals surface area contributed by atoms with Crippen LogP contribution in [0, 0.1) is 0 Å². The SMILES string of the molecule is CC=C(S)C(O)(C(=O)OC1CC2CC3OC3C(C1)[N+]2(C)C)c1cccs1. The third-order valence-electron chi connectivity index (χ3n) is 6.43. The molecule has 3 aliphatic heterocycles. The number of hydrogen-bond acceptors (Lipinski definition) is 6. The van der Waals surface area contributed by atoms with Crippen molar-refractivity contribution in [3.63, 3.8) is 0 Å². The number of thiol groups is 1. The number of fused-ring (bicyclic) bond motifs is 4. The van der Waals surface area contributed by atoms with E-state index >= 15 is 0 Å². The molecule has 6 atom stereocenters. The molecule has 3 fully saturated rings. The third-order valence-corrected chi connectivity index (χ3v) is 7.99. The van der Waals surface area contributed by atoms with Gasteiger partial charge in [0.1, 0.15) is 18.2 Å². The second kappa shape index (κ2) is 6.34. The number of epoxide rings is 1. The molecule has 0 radical (unpaired) electrons. The van der Waals surface area contributed by atoms with E-state index in [1.807, 2.05) is 11.4 Å². The van der Waals surface area contributed by atoms with Crippen molar-refractivity contribution < 1.29 is 23.9 Å². The van der Waals surface area contributed by atoms with Crippen LogP contribution >= 0.6 is 24.0 Å². The van der Waals surface area contributed by atoms with Crippen LogP contribution in [0.1, 0.15) is 31.1 Å². The molecule has 4 heterocycles. The van der Waals surface area contributed by atoms with E-state index < -0.39 is 11.6 Å². The molecule has 4 rings (SSSR count). The van der Waals surface area contributed by atoms with E-state index in [2.05, 4.69) is 26.7 Å². The fraction of sp³-hybridized carbons (Fsp3) is 0.632. The molecular formula is C19H26NO4S2+. The molecule has 6 unspecified atom stereocenters. The number of carbonyl (C=O) groups excluding carboxylic acids is 1. The van der Waals surface area contributed by atoms with Gasteiger partial charge < -0.3 is 19.1 Å². The van der Waals surface area contributed by atoms with Gasteiger partial charge in [-0.3, -0.25) is 0 Å². The van der Waals surface area contributed by atoms with Crippen molar-refractivity contribution in [1.82, 2.24) is 0 Å². The minimum atomic E-state index is -1.83. The van der Waals surface area contributed by atoms with Crippen molar-refractivity contribution in [1.29, 1.82) is 0 Å². The van der Waals surface area contributed by atoms with E-state index in [1.165, 1.54) is 11.3 Å². The number of quaternary nitrogens is 1. The first-order valence-corrected chi connectivity index (χ1v) is 10.4. The van der Waals surface area contributed by atoms with Crippen molar-refractivity contribution >= 4 is 29.9 Å². The van der Waals surface area contributed by atoms with E-state index in [4.69, 9.17) is 9.47 Å². The summed E-state index contributed by atoms with van der Waals surface area (Å²) < 4.78 is 12.6. The van der Waals surface area contributed by atoms with Gasteiger partial charge in [0, 0.05) is 24.2 Å². The maximum absolute atomic E-state index is 13.0. The molecule has 3 saturated heterocycles. The van der Waals surface area contributed by atoms with Crippen molar-refractivity contribution in [2.45, 2.75) is 62.2 Å². The smallest absolute Gasteiger partial charge is 0.349 e. The first kappa shape index (κ1) is 18.5. The quantitative estimate of drug-likeness (QED) is 0.355. The number of aliphatic hydroxyl groups is 1. The number of piperidine rings is 2. The van der Waals surface area contributed by atoms with Crippen molar-refractivity contribution in [2.24, 2.45) is 0 Å². The summed E-state index contributed by atoms with van der Waals surface area (Å²) in [5.74, 6) is -0.633. The summed E-state index contributed by atoms with van der Waals surface area (Å²) >= 11 is 5.69. The molecule has 0 saturated carbocycles. The number of thiophene rings is 1. The monoisotopic (exact) mass is 396 g/mol. The van der Waals surface area contributed by atoms with Crippen LogP contribution in [0.3, 0.4) is 0 Å². The molecule has 2 bridgehead atoms. The van der Waals surface area contributed by atoms with Gasteiger partial charge in [0.2, 0.25) is 5.60 Å². The van der Waals surface area contributed by atoms with Crippen molar-refractivity contribution in [3.05, 3.63) is 33.4 Å². The summed E-state index contributed by atoms with van der Waals surface area (Å²) in [6.07, 6.45) is 4.72. The lowest BCUT2D eigenvalue weighted by molar-refractivity contribution is -0.948. The molecule has 0 spiro atoms. The van der Waals surface area contributed by atoms with E-state index in [0.717, 1.165) is 23.7 Å². The van der Waals surface area contributed by atoms with Gasteiger partial charge in [-0.2, -0.15) is 0 Å². The molecule has 142 valence electrons. The van der Waals surface area contributed by atoms with Crippen LogP contribution in [0.5, 0.6) is 0 Å². The molecule has 3 aliphatic rings. The summed E-state index contributed by atoms with van der Waals surface area (Å²) in [4.78, 5) is 13.8. The Kier molecular flexibility index (Phi) is 4.51. The molecule has 0 aromatic carbocycles. The molecule has 5 nitrogen and oxygen atoms in total. The largest absolute Gasteiger partial charge is 0.459 e. The van der Waals surface area contributed by atoms with Crippen LogP contribution < -0.4 is 0 Å². The number of allylic oxidation sites excluding steroid dienone is 1. The van der Waals surface area contributed by atoms with E-state index in [-0.39, 0.29) is 12.2 Å². The van der Waals surface area contributed by atoms with E-state index in [1.54, 1.807) is 19.1 Å². The van der Waals surface area contributed by atoms with Crippen LogP contribution in [-0.2, 0) is 19.9 Å². The van der Waals surface area contributed by atoms with Gasteiger partial charge in [0.05, 0.1) is 31.1 Å². The Morgan fingerprint density at radius 3 is 2.88 bits per heavy atom. The summed E-state index contributed by atoms with van der Waals surface area (Å²) in [5.41, 5.74) is -1.83. The maximum Gasteiger partial charge on any atom is 0.349 e. The predicted octanol–water partition coefficient (Wildman–Crippen LogP) is 2.46. The Balaban J connectivity index is 1.54. The first-order chi connectivity index (χ1) is 12.3. The minimum absolute atomic E-state index is 0.196. The van der Waals surface area contributed by atoms with Gasteiger partial charge in [0.15, 0.2) is 0 Å². The molecule has 0 amide bonds. The zero-order valence-electron chi connectivity index (χ0n) is 15.3. The number of likely N-dealkylation sites (N-methyl/N-ethyl adjacent to an activating group) is 1. The summed E-state index contributed by atoms with van der Waals surface area (Å²) in [6, 6.07) is 4.31.